The molecule has 2 heteroatoms. The highest BCUT2D eigenvalue weighted by atomic mass is 35.5. The van der Waals surface area contributed by atoms with E-state index in [0.717, 1.165) is 24.0 Å². The summed E-state index contributed by atoms with van der Waals surface area (Å²) >= 11 is 5.93. The van der Waals surface area contributed by atoms with Gasteiger partial charge in [0.1, 0.15) is 5.75 Å². The molecule has 0 amide bonds. The third-order valence-corrected chi connectivity index (χ3v) is 4.46. The highest BCUT2D eigenvalue weighted by molar-refractivity contribution is 6.17. The fraction of sp³-hybridized carbons (Fsp3) is 0.684. The van der Waals surface area contributed by atoms with Crippen LogP contribution in [0.5, 0.6) is 5.75 Å². The van der Waals surface area contributed by atoms with Crippen molar-refractivity contribution in [2.45, 2.75) is 83.4 Å². The van der Waals surface area contributed by atoms with Crippen molar-refractivity contribution in [1.29, 1.82) is 0 Å². The first kappa shape index (κ1) is 18.4. The van der Waals surface area contributed by atoms with Crippen LogP contribution in [-0.2, 0) is 12.3 Å². The zero-order chi connectivity index (χ0) is 15.3. The van der Waals surface area contributed by atoms with Crippen molar-refractivity contribution in [2.24, 2.45) is 0 Å². The Labute approximate surface area is 135 Å². The molecular formula is C19H31ClO. The molecule has 1 nitrogen and oxygen atoms in total. The number of phenols is 1. The number of phenolic OH excluding ortho intramolecular Hbond substituents is 1. The quantitative estimate of drug-likeness (QED) is 0.341. The zero-order valence-electron chi connectivity index (χ0n) is 13.5. The van der Waals surface area contributed by atoms with Gasteiger partial charge in [0.05, 0.1) is 0 Å². The number of unbranched alkanes of at least 4 members (excludes halogenated alkanes) is 9. The van der Waals surface area contributed by atoms with Crippen LogP contribution < -0.4 is 0 Å². The molecule has 0 aliphatic heterocycles. The lowest BCUT2D eigenvalue weighted by Gasteiger charge is -2.09. The summed E-state index contributed by atoms with van der Waals surface area (Å²) in [5, 5.41) is 9.91. The summed E-state index contributed by atoms with van der Waals surface area (Å²) in [6, 6.07) is 5.65. The molecule has 0 radical (unpaired) electrons. The van der Waals surface area contributed by atoms with E-state index in [1.54, 1.807) is 6.07 Å². The first-order valence-corrected chi connectivity index (χ1v) is 9.18. The summed E-state index contributed by atoms with van der Waals surface area (Å²) in [6.07, 6.45) is 14.3. The smallest absolute Gasteiger partial charge is 0.119 e. The molecule has 0 atom stereocenters. The maximum absolute atomic E-state index is 9.91. The molecule has 0 bridgehead atoms. The van der Waals surface area contributed by atoms with Crippen molar-refractivity contribution >= 4 is 11.6 Å². The molecule has 0 saturated carbocycles. The average Bonchev–Trinajstić information content (AvgIpc) is 2.50. The molecule has 0 saturated heterocycles. The number of benzene rings is 1. The lowest BCUT2D eigenvalue weighted by Crippen LogP contribution is -1.93. The van der Waals surface area contributed by atoms with E-state index in [1.807, 2.05) is 12.1 Å². The Morgan fingerprint density at radius 1 is 0.857 bits per heavy atom. The summed E-state index contributed by atoms with van der Waals surface area (Å²) < 4.78 is 0. The molecular weight excluding hydrogens is 280 g/mol. The molecule has 1 aromatic rings. The van der Waals surface area contributed by atoms with Crippen molar-refractivity contribution < 1.29 is 5.11 Å². The number of alkyl halides is 1. The minimum Gasteiger partial charge on any atom is -0.508 e. The molecule has 120 valence electrons. The van der Waals surface area contributed by atoms with Gasteiger partial charge in [0.25, 0.3) is 0 Å². The topological polar surface area (TPSA) is 20.2 Å². The van der Waals surface area contributed by atoms with Gasteiger partial charge in [-0.3, -0.25) is 0 Å². The van der Waals surface area contributed by atoms with Crippen LogP contribution in [0.4, 0.5) is 0 Å². The molecule has 1 rings (SSSR count). The van der Waals surface area contributed by atoms with Gasteiger partial charge in [0.2, 0.25) is 0 Å². The average molecular weight is 311 g/mol. The van der Waals surface area contributed by atoms with Gasteiger partial charge in [-0.2, -0.15) is 0 Å². The van der Waals surface area contributed by atoms with Crippen molar-refractivity contribution in [1.82, 2.24) is 0 Å². The fourth-order valence-electron chi connectivity index (χ4n) is 2.82. The van der Waals surface area contributed by atoms with Crippen LogP contribution in [0.1, 0.15) is 82.3 Å². The molecule has 0 heterocycles. The number of halogens is 1. The van der Waals surface area contributed by atoms with E-state index in [0.29, 0.717) is 11.6 Å². The van der Waals surface area contributed by atoms with Gasteiger partial charge < -0.3 is 5.11 Å². The largest absolute Gasteiger partial charge is 0.508 e. The Morgan fingerprint density at radius 3 is 2.00 bits per heavy atom. The lowest BCUT2D eigenvalue weighted by molar-refractivity contribution is 0.465. The highest BCUT2D eigenvalue weighted by Crippen LogP contribution is 2.24. The van der Waals surface area contributed by atoms with Gasteiger partial charge in [0, 0.05) is 5.88 Å². The zero-order valence-corrected chi connectivity index (χ0v) is 14.3. The number of aromatic hydroxyl groups is 1. The summed E-state index contributed by atoms with van der Waals surface area (Å²) in [5.41, 5.74) is 2.12. The van der Waals surface area contributed by atoms with Gasteiger partial charge in [-0.05, 0) is 30.0 Å². The third-order valence-electron chi connectivity index (χ3n) is 4.17. The Hall–Kier alpha value is -0.690. The summed E-state index contributed by atoms with van der Waals surface area (Å²) in [4.78, 5) is 0. The van der Waals surface area contributed by atoms with Gasteiger partial charge in [-0.1, -0.05) is 76.8 Å². The molecule has 0 unspecified atom stereocenters. The van der Waals surface area contributed by atoms with Crippen LogP contribution in [0.25, 0.3) is 0 Å². The van der Waals surface area contributed by atoms with E-state index < -0.39 is 0 Å². The maximum atomic E-state index is 9.91. The van der Waals surface area contributed by atoms with Crippen molar-refractivity contribution in [3.63, 3.8) is 0 Å². The monoisotopic (exact) mass is 310 g/mol. The Morgan fingerprint density at radius 2 is 1.43 bits per heavy atom. The first-order chi connectivity index (χ1) is 10.3. The Bertz CT molecular complexity index is 376. The van der Waals surface area contributed by atoms with Crippen molar-refractivity contribution in [3.8, 4) is 5.75 Å². The van der Waals surface area contributed by atoms with Crippen LogP contribution in [0.2, 0.25) is 0 Å². The second-order valence-electron chi connectivity index (χ2n) is 5.98. The van der Waals surface area contributed by atoms with Crippen molar-refractivity contribution in [2.75, 3.05) is 0 Å². The minimum atomic E-state index is 0.407. The Balaban J connectivity index is 2.07. The molecule has 0 fully saturated rings. The van der Waals surface area contributed by atoms with Crippen LogP contribution in [0, 0.1) is 0 Å². The number of hydrogen-bond donors (Lipinski definition) is 1. The van der Waals surface area contributed by atoms with E-state index >= 15 is 0 Å². The minimum absolute atomic E-state index is 0.407. The van der Waals surface area contributed by atoms with Gasteiger partial charge >= 0.3 is 0 Å². The van der Waals surface area contributed by atoms with Crippen molar-refractivity contribution in [3.05, 3.63) is 29.3 Å². The number of rotatable bonds is 12. The SMILES string of the molecule is CCCCCCCCCCCCc1c(O)cccc1CCl. The molecule has 1 aromatic carbocycles. The summed E-state index contributed by atoms with van der Waals surface area (Å²) in [5.74, 6) is 0.894. The summed E-state index contributed by atoms with van der Waals surface area (Å²) in [7, 11) is 0. The Kier molecular flexibility index (Phi) is 10.4. The molecule has 0 spiro atoms. The third kappa shape index (κ3) is 7.76. The van der Waals surface area contributed by atoms with Crippen LogP contribution in [0.15, 0.2) is 18.2 Å². The van der Waals surface area contributed by atoms with Gasteiger partial charge in [-0.25, -0.2) is 0 Å². The standard InChI is InChI=1S/C19H31ClO/c1-2-3-4-5-6-7-8-9-10-11-14-18-17(16-20)13-12-15-19(18)21/h12-13,15,21H,2-11,14,16H2,1H3. The van der Waals surface area contributed by atoms with Crippen LogP contribution in [0.3, 0.4) is 0 Å². The fourth-order valence-corrected chi connectivity index (χ4v) is 3.07. The lowest BCUT2D eigenvalue weighted by atomic mass is 10.00. The predicted octanol–water partition coefficient (Wildman–Crippen LogP) is 6.59. The molecule has 0 aromatic heterocycles. The van der Waals surface area contributed by atoms with Gasteiger partial charge in [0.15, 0.2) is 0 Å². The van der Waals surface area contributed by atoms with E-state index in [-0.39, 0.29) is 0 Å². The van der Waals surface area contributed by atoms with Crippen LogP contribution >= 0.6 is 11.6 Å². The molecule has 0 aliphatic rings. The molecule has 0 aliphatic carbocycles. The van der Waals surface area contributed by atoms with Crippen LogP contribution in [-0.4, -0.2) is 5.11 Å². The first-order valence-electron chi connectivity index (χ1n) is 8.65. The second-order valence-corrected chi connectivity index (χ2v) is 6.25. The van der Waals surface area contributed by atoms with E-state index in [2.05, 4.69) is 6.92 Å². The predicted molar refractivity (Wildman–Crippen MR) is 93.2 cm³/mol. The van der Waals surface area contributed by atoms with E-state index in [9.17, 15) is 5.11 Å². The normalized spacial score (nSPS) is 11.0. The molecule has 21 heavy (non-hydrogen) atoms. The highest BCUT2D eigenvalue weighted by Gasteiger charge is 2.06. The molecule has 1 N–H and O–H groups in total. The second kappa shape index (κ2) is 11.9. The van der Waals surface area contributed by atoms with E-state index in [1.165, 1.54) is 57.8 Å². The van der Waals surface area contributed by atoms with Gasteiger partial charge in [-0.15, -0.1) is 11.6 Å². The maximum Gasteiger partial charge on any atom is 0.119 e. The van der Waals surface area contributed by atoms with E-state index in [4.69, 9.17) is 11.6 Å². The number of hydrogen-bond acceptors (Lipinski definition) is 1. The summed E-state index contributed by atoms with van der Waals surface area (Å²) in [6.45, 7) is 2.26.